The zero-order valence-electron chi connectivity index (χ0n) is 16.2. The van der Waals surface area contributed by atoms with Gasteiger partial charge in [-0.25, -0.2) is 0 Å². The molecule has 4 rings (SSSR count). The lowest BCUT2D eigenvalue weighted by molar-refractivity contribution is -0.126. The van der Waals surface area contributed by atoms with Crippen LogP contribution >= 0.6 is 0 Å². The average molecular weight is 380 g/mol. The first-order valence-electron chi connectivity index (χ1n) is 10.3. The number of likely N-dealkylation sites (tertiary alicyclic amines) is 1. The molecular formula is C23H28N2O3. The Bertz CT molecular complexity index is 787. The highest BCUT2D eigenvalue weighted by Gasteiger charge is 2.36. The molecule has 28 heavy (non-hydrogen) atoms. The Hall–Kier alpha value is -2.56. The second-order valence-corrected chi connectivity index (χ2v) is 8.15. The Morgan fingerprint density at radius 2 is 1.79 bits per heavy atom. The van der Waals surface area contributed by atoms with Gasteiger partial charge >= 0.3 is 0 Å². The maximum atomic E-state index is 12.8. The summed E-state index contributed by atoms with van der Waals surface area (Å²) in [6, 6.07) is 12.3. The largest absolute Gasteiger partial charge is 0.472 e. The summed E-state index contributed by atoms with van der Waals surface area (Å²) in [5, 5.41) is 3.25. The van der Waals surface area contributed by atoms with Crippen LogP contribution in [0.25, 0.3) is 0 Å². The first-order chi connectivity index (χ1) is 13.7. The number of carbonyl (C=O) groups is 2. The van der Waals surface area contributed by atoms with Gasteiger partial charge in [-0.1, -0.05) is 43.2 Å². The predicted molar refractivity (Wildman–Crippen MR) is 107 cm³/mol. The van der Waals surface area contributed by atoms with Crippen molar-refractivity contribution in [3.63, 3.8) is 0 Å². The summed E-state index contributed by atoms with van der Waals surface area (Å²) in [5.41, 5.74) is 2.00. The second kappa shape index (κ2) is 8.21. The fourth-order valence-electron chi connectivity index (χ4n) is 4.73. The number of carbonyl (C=O) groups excluding carboxylic acids is 2. The van der Waals surface area contributed by atoms with Gasteiger partial charge in [-0.3, -0.25) is 9.59 Å². The lowest BCUT2D eigenvalue weighted by Gasteiger charge is -2.33. The van der Waals surface area contributed by atoms with E-state index in [9.17, 15) is 9.59 Å². The smallest absolute Gasteiger partial charge is 0.257 e. The van der Waals surface area contributed by atoms with Crippen molar-refractivity contribution >= 4 is 11.8 Å². The van der Waals surface area contributed by atoms with Crippen molar-refractivity contribution in [3.05, 3.63) is 60.1 Å². The van der Waals surface area contributed by atoms with Crippen LogP contribution in [0.1, 0.15) is 54.4 Å². The highest BCUT2D eigenvalue weighted by atomic mass is 16.3. The molecule has 2 heterocycles. The maximum absolute atomic E-state index is 12.8. The summed E-state index contributed by atoms with van der Waals surface area (Å²) < 4.78 is 5.00. The molecular weight excluding hydrogens is 352 g/mol. The molecule has 2 fully saturated rings. The Morgan fingerprint density at radius 1 is 1.07 bits per heavy atom. The van der Waals surface area contributed by atoms with Crippen LogP contribution in [0.15, 0.2) is 53.3 Å². The highest BCUT2D eigenvalue weighted by molar-refractivity contribution is 5.94. The van der Waals surface area contributed by atoms with E-state index in [1.165, 1.54) is 30.9 Å². The molecule has 2 amide bonds. The molecule has 1 aliphatic heterocycles. The molecule has 5 heteroatoms. The Kier molecular flexibility index (Phi) is 5.51. The van der Waals surface area contributed by atoms with Crippen LogP contribution < -0.4 is 5.32 Å². The number of rotatable bonds is 5. The summed E-state index contributed by atoms with van der Waals surface area (Å²) in [4.78, 5) is 27.0. The molecule has 0 bridgehead atoms. The van der Waals surface area contributed by atoms with E-state index in [2.05, 4.69) is 29.6 Å². The molecule has 1 aliphatic carbocycles. The molecule has 148 valence electrons. The molecule has 1 N–H and O–H groups in total. The molecule has 0 unspecified atom stereocenters. The topological polar surface area (TPSA) is 62.6 Å². The number of amides is 2. The number of hydrogen-bond donors (Lipinski definition) is 1. The van der Waals surface area contributed by atoms with Crippen LogP contribution in [0.5, 0.6) is 0 Å². The van der Waals surface area contributed by atoms with Gasteiger partial charge in [0.15, 0.2) is 0 Å². The molecule has 2 aromatic rings. The van der Waals surface area contributed by atoms with Crippen molar-refractivity contribution in [3.8, 4) is 0 Å². The lowest BCUT2D eigenvalue weighted by atomic mass is 9.78. The molecule has 5 nitrogen and oxygen atoms in total. The normalized spacial score (nSPS) is 19.5. The predicted octanol–water partition coefficient (Wildman–Crippen LogP) is 3.76. The molecule has 1 aromatic heterocycles. The van der Waals surface area contributed by atoms with Gasteiger partial charge in [0.05, 0.1) is 11.8 Å². The van der Waals surface area contributed by atoms with Crippen molar-refractivity contribution in [1.29, 1.82) is 0 Å². The van der Waals surface area contributed by atoms with Crippen molar-refractivity contribution < 1.29 is 14.0 Å². The maximum Gasteiger partial charge on any atom is 0.257 e. The molecule has 0 spiro atoms. The number of nitrogens with one attached hydrogen (secondary N) is 1. The van der Waals surface area contributed by atoms with E-state index in [1.54, 1.807) is 6.07 Å². The lowest BCUT2D eigenvalue weighted by Crippen LogP contribution is -2.45. The minimum absolute atomic E-state index is 0.0115. The van der Waals surface area contributed by atoms with Crippen LogP contribution in [0.3, 0.4) is 0 Å². The van der Waals surface area contributed by atoms with Gasteiger partial charge in [0.1, 0.15) is 6.26 Å². The highest BCUT2D eigenvalue weighted by Crippen LogP contribution is 2.40. The van der Waals surface area contributed by atoms with E-state index in [1.807, 2.05) is 11.0 Å². The molecule has 0 radical (unpaired) electrons. The zero-order chi connectivity index (χ0) is 19.4. The number of benzene rings is 1. The summed E-state index contributed by atoms with van der Waals surface area (Å²) in [6.45, 7) is 1.95. The van der Waals surface area contributed by atoms with Crippen LogP contribution in [-0.4, -0.2) is 36.3 Å². The van der Waals surface area contributed by atoms with Crippen LogP contribution in [-0.2, 0) is 10.2 Å². The van der Waals surface area contributed by atoms with Gasteiger partial charge < -0.3 is 14.6 Å². The monoisotopic (exact) mass is 380 g/mol. The van der Waals surface area contributed by atoms with Crippen LogP contribution in [0, 0.1) is 5.92 Å². The Labute approximate surface area is 166 Å². The number of hydrogen-bond acceptors (Lipinski definition) is 3. The van der Waals surface area contributed by atoms with Gasteiger partial charge in [0.25, 0.3) is 5.91 Å². The average Bonchev–Trinajstić information content (AvgIpc) is 3.45. The second-order valence-electron chi connectivity index (χ2n) is 8.15. The van der Waals surface area contributed by atoms with Crippen molar-refractivity contribution in [2.45, 2.75) is 43.9 Å². The van der Waals surface area contributed by atoms with Crippen LogP contribution in [0.4, 0.5) is 0 Å². The van der Waals surface area contributed by atoms with Gasteiger partial charge in [-0.2, -0.15) is 0 Å². The summed E-state index contributed by atoms with van der Waals surface area (Å²) >= 11 is 0. The van der Waals surface area contributed by atoms with E-state index < -0.39 is 0 Å². The van der Waals surface area contributed by atoms with Gasteiger partial charge in [-0.05, 0) is 37.3 Å². The number of furan rings is 1. The first-order valence-corrected chi connectivity index (χ1v) is 10.3. The van der Waals surface area contributed by atoms with E-state index >= 15 is 0 Å². The number of piperidine rings is 1. The molecule has 2 aliphatic rings. The fourth-order valence-corrected chi connectivity index (χ4v) is 4.73. The molecule has 0 atom stereocenters. The SMILES string of the molecule is O=C(NCC1(c2ccccc2)CCCC1)C1CCN(C(=O)c2ccoc2)CC1. The van der Waals surface area contributed by atoms with Crippen LogP contribution in [0.2, 0.25) is 0 Å². The summed E-state index contributed by atoms with van der Waals surface area (Å²) in [7, 11) is 0. The van der Waals surface area contributed by atoms with Gasteiger partial charge in [-0.15, -0.1) is 0 Å². The van der Waals surface area contributed by atoms with E-state index in [0.717, 1.165) is 12.8 Å². The minimum atomic E-state index is -0.0124. The molecule has 1 aromatic carbocycles. The minimum Gasteiger partial charge on any atom is -0.472 e. The Morgan fingerprint density at radius 3 is 2.43 bits per heavy atom. The van der Waals surface area contributed by atoms with Crippen molar-refractivity contribution in [2.75, 3.05) is 19.6 Å². The van der Waals surface area contributed by atoms with Gasteiger partial charge in [0.2, 0.25) is 5.91 Å². The number of nitrogens with zero attached hydrogens (tertiary/aromatic N) is 1. The Balaban J connectivity index is 1.31. The summed E-state index contributed by atoms with van der Waals surface area (Å²) in [5.74, 6) is 0.113. The standard InChI is InChI=1S/C23H28N2O3/c26-21(18-8-13-25(14-9-18)22(27)19-10-15-28-16-19)24-17-23(11-4-5-12-23)20-6-2-1-3-7-20/h1-3,6-7,10,15-16,18H,4-5,8-9,11-14,17H2,(H,24,26). The quantitative estimate of drug-likeness (QED) is 0.859. The fraction of sp³-hybridized carbons (Fsp3) is 0.478. The third-order valence-corrected chi connectivity index (χ3v) is 6.47. The van der Waals surface area contributed by atoms with E-state index in [0.29, 0.717) is 38.0 Å². The van der Waals surface area contributed by atoms with E-state index in [-0.39, 0.29) is 23.1 Å². The third kappa shape index (κ3) is 3.84. The van der Waals surface area contributed by atoms with Crippen molar-refractivity contribution in [1.82, 2.24) is 10.2 Å². The summed E-state index contributed by atoms with van der Waals surface area (Å²) in [6.07, 6.45) is 9.13. The molecule has 1 saturated carbocycles. The van der Waals surface area contributed by atoms with Crippen molar-refractivity contribution in [2.24, 2.45) is 5.92 Å². The third-order valence-electron chi connectivity index (χ3n) is 6.47. The van der Waals surface area contributed by atoms with E-state index in [4.69, 9.17) is 4.42 Å². The van der Waals surface area contributed by atoms with Gasteiger partial charge in [0, 0.05) is 31.0 Å². The first kappa shape index (κ1) is 18.8. The zero-order valence-corrected chi connectivity index (χ0v) is 16.2. The molecule has 1 saturated heterocycles.